The third-order valence-corrected chi connectivity index (χ3v) is 6.26. The highest BCUT2D eigenvalue weighted by atomic mass is 32.2. The van der Waals surface area contributed by atoms with Gasteiger partial charge in [0.15, 0.2) is 0 Å². The van der Waals surface area contributed by atoms with Crippen LogP contribution >= 0.6 is 0 Å². The fraction of sp³-hybridized carbons (Fsp3) is 0.381. The summed E-state index contributed by atoms with van der Waals surface area (Å²) in [5.74, 6) is 0.206. The third kappa shape index (κ3) is 5.00. The molecule has 1 saturated heterocycles. The number of ether oxygens (including phenoxy) is 1. The van der Waals surface area contributed by atoms with Crippen molar-refractivity contribution in [2.24, 2.45) is 0 Å². The molecule has 7 nitrogen and oxygen atoms in total. The topological polar surface area (TPSA) is 79.0 Å². The number of methoxy groups -OCH3 is 1. The van der Waals surface area contributed by atoms with Gasteiger partial charge in [-0.25, -0.2) is 8.42 Å². The largest absolute Gasteiger partial charge is 0.497 e. The van der Waals surface area contributed by atoms with Crippen molar-refractivity contribution in [2.45, 2.75) is 25.8 Å². The van der Waals surface area contributed by atoms with Crippen LogP contribution in [0.1, 0.15) is 19.8 Å². The van der Waals surface area contributed by atoms with E-state index in [-0.39, 0.29) is 0 Å². The van der Waals surface area contributed by atoms with Crippen molar-refractivity contribution in [3.63, 3.8) is 0 Å². The normalized spacial score (nSPS) is 15.1. The molecule has 3 rings (SSSR count). The number of nitrogens with one attached hydrogen (secondary N) is 1. The number of rotatable bonds is 7. The van der Waals surface area contributed by atoms with Gasteiger partial charge in [-0.05, 0) is 68.3 Å². The van der Waals surface area contributed by atoms with Crippen molar-refractivity contribution in [2.75, 3.05) is 41.0 Å². The van der Waals surface area contributed by atoms with E-state index in [2.05, 4.69) is 10.2 Å². The molecule has 2 aromatic carbocycles. The highest BCUT2D eigenvalue weighted by molar-refractivity contribution is 7.92. The average Bonchev–Trinajstić information content (AvgIpc) is 3.23. The van der Waals surface area contributed by atoms with Gasteiger partial charge in [0.05, 0.1) is 19.1 Å². The van der Waals surface area contributed by atoms with E-state index in [1.165, 1.54) is 20.0 Å². The Morgan fingerprint density at radius 1 is 1.07 bits per heavy atom. The Morgan fingerprint density at radius 2 is 1.66 bits per heavy atom. The summed E-state index contributed by atoms with van der Waals surface area (Å²) in [4.78, 5) is 15.1. The monoisotopic (exact) mass is 417 g/mol. The highest BCUT2D eigenvalue weighted by Crippen LogP contribution is 2.25. The maximum atomic E-state index is 12.8. The lowest BCUT2D eigenvalue weighted by Crippen LogP contribution is -2.45. The third-order valence-electron chi connectivity index (χ3n) is 5.02. The lowest BCUT2D eigenvalue weighted by molar-refractivity contribution is -0.116. The van der Waals surface area contributed by atoms with E-state index in [0.29, 0.717) is 17.1 Å². The fourth-order valence-corrected chi connectivity index (χ4v) is 4.69. The molecule has 1 amide bonds. The van der Waals surface area contributed by atoms with E-state index in [1.807, 2.05) is 24.3 Å². The molecule has 156 valence electrons. The molecule has 1 aliphatic rings. The van der Waals surface area contributed by atoms with E-state index in [9.17, 15) is 13.2 Å². The Morgan fingerprint density at radius 3 is 2.17 bits per heavy atom. The molecule has 8 heteroatoms. The van der Waals surface area contributed by atoms with Crippen LogP contribution in [0.2, 0.25) is 0 Å². The molecule has 1 heterocycles. The van der Waals surface area contributed by atoms with Crippen LogP contribution in [0.15, 0.2) is 48.5 Å². The number of hydrogen-bond donors (Lipinski definition) is 1. The maximum Gasteiger partial charge on any atom is 0.247 e. The highest BCUT2D eigenvalue weighted by Gasteiger charge is 2.29. The fourth-order valence-electron chi connectivity index (χ4n) is 3.52. The van der Waals surface area contributed by atoms with Crippen LogP contribution in [0.3, 0.4) is 0 Å². The van der Waals surface area contributed by atoms with Crippen molar-refractivity contribution in [1.82, 2.24) is 0 Å². The van der Waals surface area contributed by atoms with E-state index in [1.54, 1.807) is 31.2 Å². The smallest absolute Gasteiger partial charge is 0.247 e. The number of carbonyl (C=O) groups excluding carboxylic acids is 1. The van der Waals surface area contributed by atoms with Crippen LogP contribution in [0.5, 0.6) is 5.75 Å². The van der Waals surface area contributed by atoms with Gasteiger partial charge in [0.1, 0.15) is 11.8 Å². The zero-order chi connectivity index (χ0) is 21.0. The molecule has 2 aromatic rings. The van der Waals surface area contributed by atoms with Gasteiger partial charge in [0, 0.05) is 24.5 Å². The number of anilines is 3. The lowest BCUT2D eigenvalue weighted by atomic mass is 10.2. The van der Waals surface area contributed by atoms with Gasteiger partial charge in [0.25, 0.3) is 0 Å². The second-order valence-electron chi connectivity index (χ2n) is 7.16. The molecule has 0 radical (unpaired) electrons. The number of hydrogen-bond acceptors (Lipinski definition) is 5. The predicted octanol–water partition coefficient (Wildman–Crippen LogP) is 3.09. The molecule has 1 atom stereocenters. The van der Waals surface area contributed by atoms with E-state index in [4.69, 9.17) is 4.74 Å². The molecule has 1 N–H and O–H groups in total. The summed E-state index contributed by atoms with van der Waals surface area (Å²) in [6, 6.07) is 13.3. The molecule has 0 bridgehead atoms. The van der Waals surface area contributed by atoms with Crippen LogP contribution in [-0.4, -0.2) is 46.8 Å². The Labute approximate surface area is 172 Å². The molecule has 0 spiro atoms. The Kier molecular flexibility index (Phi) is 6.32. The number of sulfonamides is 1. The maximum absolute atomic E-state index is 12.8. The molecule has 0 saturated carbocycles. The summed E-state index contributed by atoms with van der Waals surface area (Å²) in [5.41, 5.74) is 2.16. The summed E-state index contributed by atoms with van der Waals surface area (Å²) >= 11 is 0. The summed E-state index contributed by atoms with van der Waals surface area (Å²) in [6.07, 6.45) is 3.48. The second-order valence-corrected chi connectivity index (χ2v) is 9.02. The van der Waals surface area contributed by atoms with Gasteiger partial charge in [-0.3, -0.25) is 9.10 Å². The SMILES string of the molecule is COc1ccc(N([C@H](C)C(=O)Nc2ccc(N3CCCC3)cc2)S(C)(=O)=O)cc1. The minimum absolute atomic E-state index is 0.403. The second kappa shape index (κ2) is 8.73. The molecule has 0 unspecified atom stereocenters. The molecular weight excluding hydrogens is 390 g/mol. The molecule has 0 aromatic heterocycles. The van der Waals surface area contributed by atoms with Crippen LogP contribution in [0, 0.1) is 0 Å². The van der Waals surface area contributed by atoms with Gasteiger partial charge < -0.3 is 15.0 Å². The summed E-state index contributed by atoms with van der Waals surface area (Å²) in [6.45, 7) is 3.67. The summed E-state index contributed by atoms with van der Waals surface area (Å²) in [5, 5.41) is 2.82. The van der Waals surface area contributed by atoms with Crippen LogP contribution in [0.4, 0.5) is 17.1 Å². The van der Waals surface area contributed by atoms with Crippen LogP contribution in [-0.2, 0) is 14.8 Å². The summed E-state index contributed by atoms with van der Waals surface area (Å²) in [7, 11) is -2.13. The average molecular weight is 418 g/mol. The first-order valence-corrected chi connectivity index (χ1v) is 11.4. The van der Waals surface area contributed by atoms with Crippen LogP contribution < -0.4 is 19.3 Å². The molecular formula is C21H27N3O4S. The van der Waals surface area contributed by atoms with Gasteiger partial charge in [0.2, 0.25) is 15.9 Å². The Bertz CT molecular complexity index is 937. The lowest BCUT2D eigenvalue weighted by Gasteiger charge is -2.28. The molecule has 29 heavy (non-hydrogen) atoms. The standard InChI is InChI=1S/C21H27N3O4S/c1-16(24(29(3,26)27)19-10-12-20(28-2)13-11-19)21(25)22-17-6-8-18(9-7-17)23-14-4-5-15-23/h6-13,16H,4-5,14-15H2,1-3H3,(H,22,25)/t16-/m1/s1. The summed E-state index contributed by atoms with van der Waals surface area (Å²) < 4.78 is 31.0. The minimum atomic E-state index is -3.67. The van der Waals surface area contributed by atoms with E-state index in [0.717, 1.165) is 29.3 Å². The van der Waals surface area contributed by atoms with Gasteiger partial charge in [-0.1, -0.05) is 0 Å². The number of nitrogens with zero attached hydrogens (tertiary/aromatic N) is 2. The van der Waals surface area contributed by atoms with Crippen molar-refractivity contribution in [3.05, 3.63) is 48.5 Å². The van der Waals surface area contributed by atoms with Gasteiger partial charge in [-0.2, -0.15) is 0 Å². The van der Waals surface area contributed by atoms with Gasteiger partial charge >= 0.3 is 0 Å². The predicted molar refractivity (Wildman–Crippen MR) is 116 cm³/mol. The first-order valence-electron chi connectivity index (χ1n) is 9.59. The Hall–Kier alpha value is -2.74. The minimum Gasteiger partial charge on any atom is -0.497 e. The Balaban J connectivity index is 1.75. The first kappa shape index (κ1) is 21.0. The zero-order valence-corrected chi connectivity index (χ0v) is 17.8. The van der Waals surface area contributed by atoms with E-state index >= 15 is 0 Å². The number of carbonyl (C=O) groups is 1. The molecule has 1 fully saturated rings. The van der Waals surface area contributed by atoms with Crippen LogP contribution in [0.25, 0.3) is 0 Å². The van der Waals surface area contributed by atoms with E-state index < -0.39 is 22.0 Å². The van der Waals surface area contributed by atoms with Gasteiger partial charge in [-0.15, -0.1) is 0 Å². The van der Waals surface area contributed by atoms with Crippen molar-refractivity contribution in [1.29, 1.82) is 0 Å². The molecule has 0 aliphatic carbocycles. The van der Waals surface area contributed by atoms with Crippen molar-refractivity contribution >= 4 is 33.0 Å². The number of benzene rings is 2. The quantitative estimate of drug-likeness (QED) is 0.749. The first-order chi connectivity index (χ1) is 13.8. The number of amides is 1. The van der Waals surface area contributed by atoms with Crippen molar-refractivity contribution in [3.8, 4) is 5.75 Å². The molecule has 1 aliphatic heterocycles. The zero-order valence-electron chi connectivity index (χ0n) is 17.0. The van der Waals surface area contributed by atoms with Crippen molar-refractivity contribution < 1.29 is 17.9 Å².